The van der Waals surface area contributed by atoms with Crippen LogP contribution in [0.2, 0.25) is 0 Å². The summed E-state index contributed by atoms with van der Waals surface area (Å²) in [4.78, 5) is 26.2. The Morgan fingerprint density at radius 2 is 1.72 bits per heavy atom. The van der Waals surface area contributed by atoms with Crippen LogP contribution in [0.1, 0.15) is 47.8 Å². The molecule has 0 radical (unpaired) electrons. The van der Waals surface area contributed by atoms with Gasteiger partial charge in [0.15, 0.2) is 0 Å². The van der Waals surface area contributed by atoms with Gasteiger partial charge in [0.1, 0.15) is 11.4 Å². The Bertz CT molecular complexity index is 854. The van der Waals surface area contributed by atoms with Crippen LogP contribution in [0.25, 0.3) is 0 Å². The van der Waals surface area contributed by atoms with Crippen molar-refractivity contribution in [3.8, 4) is 5.75 Å². The number of carbonyl (C=O) groups excluding carboxylic acids is 2. The largest absolute Gasteiger partial charge is 0.496 e. The molecule has 2 aromatic rings. The maximum Gasteiger partial charge on any atom is 0.407 e. The minimum absolute atomic E-state index is 0.0831. The Labute approximate surface area is 172 Å². The maximum atomic E-state index is 12.8. The van der Waals surface area contributed by atoms with E-state index in [1.807, 2.05) is 58.0 Å². The molecule has 0 saturated carbocycles. The highest BCUT2D eigenvalue weighted by Crippen LogP contribution is 2.21. The summed E-state index contributed by atoms with van der Waals surface area (Å²) in [6.07, 6.45) is -0.468. The quantitative estimate of drug-likeness (QED) is 0.788. The molecule has 0 unspecified atom stereocenters. The zero-order valence-corrected chi connectivity index (χ0v) is 18.0. The number of hydrogen-bond acceptors (Lipinski definition) is 4. The molecule has 2 rings (SSSR count). The third-order valence-corrected chi connectivity index (χ3v) is 4.23. The van der Waals surface area contributed by atoms with E-state index in [0.717, 1.165) is 22.4 Å². The van der Waals surface area contributed by atoms with E-state index < -0.39 is 11.7 Å². The highest BCUT2D eigenvalue weighted by molar-refractivity contribution is 5.94. The van der Waals surface area contributed by atoms with Crippen molar-refractivity contribution in [2.45, 2.75) is 46.4 Å². The number of aryl methyl sites for hydroxylation is 1. The van der Waals surface area contributed by atoms with E-state index in [4.69, 9.17) is 9.47 Å². The zero-order valence-electron chi connectivity index (χ0n) is 18.0. The monoisotopic (exact) mass is 398 g/mol. The normalized spacial score (nSPS) is 11.0. The number of nitrogens with one attached hydrogen (secondary N) is 1. The molecule has 0 aliphatic rings. The molecule has 29 heavy (non-hydrogen) atoms. The van der Waals surface area contributed by atoms with E-state index >= 15 is 0 Å². The summed E-state index contributed by atoms with van der Waals surface area (Å²) in [6, 6.07) is 13.1. The molecule has 0 atom stereocenters. The van der Waals surface area contributed by atoms with Gasteiger partial charge in [-0.25, -0.2) is 4.79 Å². The topological polar surface area (TPSA) is 67.9 Å². The Balaban J connectivity index is 1.97. The summed E-state index contributed by atoms with van der Waals surface area (Å²) in [5.74, 6) is 0.680. The van der Waals surface area contributed by atoms with Gasteiger partial charge in [0.2, 0.25) is 0 Å². The highest BCUT2D eigenvalue weighted by atomic mass is 16.6. The molecule has 0 aliphatic carbocycles. The van der Waals surface area contributed by atoms with Crippen LogP contribution in [-0.4, -0.2) is 36.7 Å². The Morgan fingerprint density at radius 3 is 2.31 bits per heavy atom. The van der Waals surface area contributed by atoms with Crippen molar-refractivity contribution >= 4 is 12.0 Å². The second-order valence-corrected chi connectivity index (χ2v) is 8.03. The van der Waals surface area contributed by atoms with Crippen LogP contribution < -0.4 is 10.1 Å². The van der Waals surface area contributed by atoms with E-state index in [2.05, 4.69) is 5.32 Å². The van der Waals surface area contributed by atoms with Gasteiger partial charge in [0, 0.05) is 31.3 Å². The molecule has 0 saturated heterocycles. The minimum Gasteiger partial charge on any atom is -0.496 e. The molecule has 6 nitrogen and oxygen atoms in total. The molecule has 1 N–H and O–H groups in total. The lowest BCUT2D eigenvalue weighted by molar-refractivity contribution is 0.0523. The third kappa shape index (κ3) is 6.82. The lowest BCUT2D eigenvalue weighted by atomic mass is 10.1. The van der Waals surface area contributed by atoms with Crippen molar-refractivity contribution in [1.82, 2.24) is 10.2 Å². The molecule has 0 spiro atoms. The summed E-state index contributed by atoms with van der Waals surface area (Å²) in [7, 11) is 3.39. The van der Waals surface area contributed by atoms with Crippen molar-refractivity contribution in [3.05, 3.63) is 64.7 Å². The smallest absolute Gasteiger partial charge is 0.407 e. The summed E-state index contributed by atoms with van der Waals surface area (Å²) in [5.41, 5.74) is 3.01. The van der Waals surface area contributed by atoms with Gasteiger partial charge in [-0.2, -0.15) is 0 Å². The van der Waals surface area contributed by atoms with Gasteiger partial charge in [0.25, 0.3) is 5.91 Å². The first-order valence-electron chi connectivity index (χ1n) is 9.54. The Morgan fingerprint density at radius 1 is 1.07 bits per heavy atom. The van der Waals surface area contributed by atoms with E-state index in [1.165, 1.54) is 0 Å². The van der Waals surface area contributed by atoms with Gasteiger partial charge in [-0.05, 0) is 51.5 Å². The summed E-state index contributed by atoms with van der Waals surface area (Å²) >= 11 is 0. The number of hydrogen-bond donors (Lipinski definition) is 1. The van der Waals surface area contributed by atoms with Gasteiger partial charge in [-0.15, -0.1) is 0 Å². The fourth-order valence-electron chi connectivity index (χ4n) is 2.83. The lowest BCUT2D eigenvalue weighted by Crippen LogP contribution is -2.32. The molecule has 2 amide bonds. The number of methoxy groups -OCH3 is 1. The fraction of sp³-hybridized carbons (Fsp3) is 0.391. The molecular formula is C23H30N2O4. The molecule has 6 heteroatoms. The predicted octanol–water partition coefficient (Wildman–Crippen LogP) is 4.30. The first-order valence-corrected chi connectivity index (χ1v) is 9.54. The third-order valence-electron chi connectivity index (χ3n) is 4.23. The molecule has 2 aromatic carbocycles. The predicted molar refractivity (Wildman–Crippen MR) is 113 cm³/mol. The van der Waals surface area contributed by atoms with Crippen LogP contribution in [0.4, 0.5) is 4.79 Å². The van der Waals surface area contributed by atoms with Gasteiger partial charge in [-0.1, -0.05) is 29.8 Å². The summed E-state index contributed by atoms with van der Waals surface area (Å²) in [6.45, 7) is 8.24. The number of carbonyl (C=O) groups is 2. The van der Waals surface area contributed by atoms with Gasteiger partial charge in [0.05, 0.1) is 7.11 Å². The van der Waals surface area contributed by atoms with Crippen LogP contribution in [0.5, 0.6) is 5.75 Å². The zero-order chi connectivity index (χ0) is 21.6. The van der Waals surface area contributed by atoms with E-state index in [-0.39, 0.29) is 5.91 Å². The van der Waals surface area contributed by atoms with Crippen molar-refractivity contribution < 1.29 is 19.1 Å². The molecule has 0 fully saturated rings. The minimum atomic E-state index is -0.537. The van der Waals surface area contributed by atoms with Crippen molar-refractivity contribution in [3.63, 3.8) is 0 Å². The van der Waals surface area contributed by atoms with Gasteiger partial charge in [-0.3, -0.25) is 4.79 Å². The number of amides is 2. The highest BCUT2D eigenvalue weighted by Gasteiger charge is 2.16. The molecule has 0 heterocycles. The van der Waals surface area contributed by atoms with Crippen molar-refractivity contribution in [2.24, 2.45) is 0 Å². The fourth-order valence-corrected chi connectivity index (χ4v) is 2.83. The van der Waals surface area contributed by atoms with Crippen LogP contribution in [0.15, 0.2) is 42.5 Å². The van der Waals surface area contributed by atoms with E-state index in [1.54, 1.807) is 31.2 Å². The number of nitrogens with zero attached hydrogens (tertiary/aromatic N) is 1. The van der Waals surface area contributed by atoms with Crippen LogP contribution >= 0.6 is 0 Å². The van der Waals surface area contributed by atoms with E-state index in [0.29, 0.717) is 18.7 Å². The first-order chi connectivity index (χ1) is 13.6. The summed E-state index contributed by atoms with van der Waals surface area (Å²) in [5, 5.41) is 2.71. The number of ether oxygens (including phenoxy) is 2. The molecule has 156 valence electrons. The SMILES string of the molecule is COc1ccc(C)cc1CN(C)C(=O)c1ccc(CNC(=O)OC(C)(C)C)cc1. The number of rotatable bonds is 6. The number of alkyl carbamates (subject to hydrolysis) is 1. The van der Waals surface area contributed by atoms with Crippen LogP contribution in [0.3, 0.4) is 0 Å². The first kappa shape index (κ1) is 22.3. The van der Waals surface area contributed by atoms with Crippen LogP contribution in [0, 0.1) is 6.92 Å². The van der Waals surface area contributed by atoms with Crippen molar-refractivity contribution in [2.75, 3.05) is 14.2 Å². The second-order valence-electron chi connectivity index (χ2n) is 8.03. The Kier molecular flexibility index (Phi) is 7.26. The standard InChI is InChI=1S/C23H30N2O4/c1-16-7-12-20(28-6)19(13-16)15-25(5)21(26)18-10-8-17(9-11-18)14-24-22(27)29-23(2,3)4/h7-13H,14-15H2,1-6H3,(H,24,27). The molecule has 0 aliphatic heterocycles. The van der Waals surface area contributed by atoms with Gasteiger partial charge < -0.3 is 19.7 Å². The number of benzene rings is 2. The molecular weight excluding hydrogens is 368 g/mol. The maximum absolute atomic E-state index is 12.8. The summed E-state index contributed by atoms with van der Waals surface area (Å²) < 4.78 is 10.6. The van der Waals surface area contributed by atoms with Gasteiger partial charge >= 0.3 is 6.09 Å². The average molecular weight is 399 g/mol. The van der Waals surface area contributed by atoms with Crippen LogP contribution in [-0.2, 0) is 17.8 Å². The molecule has 0 bridgehead atoms. The van der Waals surface area contributed by atoms with Crippen molar-refractivity contribution in [1.29, 1.82) is 0 Å². The average Bonchev–Trinajstić information content (AvgIpc) is 2.65. The second kappa shape index (κ2) is 9.45. The molecule has 0 aromatic heterocycles. The Hall–Kier alpha value is -3.02. The lowest BCUT2D eigenvalue weighted by Gasteiger charge is -2.20. The van der Waals surface area contributed by atoms with E-state index in [9.17, 15) is 9.59 Å².